The summed E-state index contributed by atoms with van der Waals surface area (Å²) in [6.45, 7) is 0.412. The van der Waals surface area contributed by atoms with Crippen molar-refractivity contribution >= 4 is 17.5 Å². The van der Waals surface area contributed by atoms with E-state index in [0.717, 1.165) is 5.56 Å². The number of nitrogens with zero attached hydrogens (tertiary/aromatic N) is 1. The first-order chi connectivity index (χ1) is 16.0. The average Bonchev–Trinajstić information content (AvgIpc) is 3.18. The second-order valence-corrected chi connectivity index (χ2v) is 7.68. The molecule has 1 N–H and O–H groups in total. The third-order valence-corrected chi connectivity index (χ3v) is 5.73. The molecule has 0 radical (unpaired) electrons. The lowest BCUT2D eigenvalue weighted by Crippen LogP contribution is -2.32. The van der Waals surface area contributed by atoms with E-state index in [1.165, 1.54) is 21.3 Å². The first-order valence-electron chi connectivity index (χ1n) is 10.6. The number of carbonyl (C=O) groups excluding carboxylic acids is 2. The van der Waals surface area contributed by atoms with E-state index in [1.54, 1.807) is 17.0 Å². The van der Waals surface area contributed by atoms with Crippen LogP contribution in [-0.4, -0.2) is 38.0 Å². The van der Waals surface area contributed by atoms with Crippen molar-refractivity contribution in [2.75, 3.05) is 26.6 Å². The predicted molar refractivity (Wildman–Crippen MR) is 125 cm³/mol. The highest BCUT2D eigenvalue weighted by molar-refractivity contribution is 5.99. The second kappa shape index (κ2) is 9.65. The van der Waals surface area contributed by atoms with E-state index >= 15 is 0 Å². The van der Waals surface area contributed by atoms with E-state index in [9.17, 15) is 9.59 Å². The number of para-hydroxylation sites is 1. The molecule has 7 nitrogen and oxygen atoms in total. The Morgan fingerprint density at radius 3 is 2.18 bits per heavy atom. The zero-order chi connectivity index (χ0) is 23.4. The van der Waals surface area contributed by atoms with E-state index in [4.69, 9.17) is 14.2 Å². The Labute approximate surface area is 192 Å². The number of nitrogens with one attached hydrogen (secondary N) is 1. The van der Waals surface area contributed by atoms with Crippen molar-refractivity contribution in [2.24, 2.45) is 0 Å². The molecule has 1 heterocycles. The Bertz CT molecular complexity index is 1140. The van der Waals surface area contributed by atoms with Gasteiger partial charge in [0.05, 0.1) is 33.8 Å². The molecule has 0 fully saturated rings. The summed E-state index contributed by atoms with van der Waals surface area (Å²) in [6.07, 6.45) is 0.0628. The van der Waals surface area contributed by atoms with Gasteiger partial charge in [0, 0.05) is 17.8 Å². The zero-order valence-corrected chi connectivity index (χ0v) is 18.8. The van der Waals surface area contributed by atoms with Crippen LogP contribution in [0.5, 0.6) is 17.2 Å². The van der Waals surface area contributed by atoms with Crippen molar-refractivity contribution in [3.8, 4) is 17.2 Å². The van der Waals surface area contributed by atoms with Gasteiger partial charge in [-0.15, -0.1) is 0 Å². The first kappa shape index (κ1) is 22.2. The van der Waals surface area contributed by atoms with Crippen LogP contribution in [-0.2, 0) is 11.3 Å². The Morgan fingerprint density at radius 2 is 1.58 bits per heavy atom. The van der Waals surface area contributed by atoms with Gasteiger partial charge >= 0.3 is 0 Å². The highest BCUT2D eigenvalue weighted by atomic mass is 16.5. The maximum atomic E-state index is 13.3. The number of ether oxygens (including phenoxy) is 3. The molecular formula is C26H26N2O5. The van der Waals surface area contributed by atoms with Gasteiger partial charge in [0.1, 0.15) is 0 Å². The third kappa shape index (κ3) is 4.48. The van der Waals surface area contributed by atoms with Crippen LogP contribution < -0.4 is 19.5 Å². The lowest BCUT2D eigenvalue weighted by atomic mass is 10.00. The first-order valence-corrected chi connectivity index (χ1v) is 10.6. The van der Waals surface area contributed by atoms with E-state index in [2.05, 4.69) is 5.32 Å². The smallest absolute Gasteiger partial charge is 0.255 e. The van der Waals surface area contributed by atoms with Crippen LogP contribution >= 0.6 is 0 Å². The van der Waals surface area contributed by atoms with Crippen molar-refractivity contribution in [2.45, 2.75) is 19.0 Å². The van der Waals surface area contributed by atoms with Crippen LogP contribution in [0, 0.1) is 0 Å². The Kier molecular flexibility index (Phi) is 6.49. The number of carbonyl (C=O) groups is 2. The largest absolute Gasteiger partial charge is 0.493 e. The molecule has 0 aromatic heterocycles. The number of fused-ring (bicyclic) bond motifs is 1. The number of benzene rings is 3. The van der Waals surface area contributed by atoms with Crippen molar-refractivity contribution in [3.63, 3.8) is 0 Å². The molecule has 0 aliphatic carbocycles. The van der Waals surface area contributed by atoms with Crippen molar-refractivity contribution in [1.29, 1.82) is 0 Å². The number of amides is 2. The fourth-order valence-corrected chi connectivity index (χ4v) is 4.14. The van der Waals surface area contributed by atoms with Crippen molar-refractivity contribution < 1.29 is 23.8 Å². The fraction of sp³-hybridized carbons (Fsp3) is 0.231. The van der Waals surface area contributed by atoms with Crippen molar-refractivity contribution in [1.82, 2.24) is 4.90 Å². The normalized spacial score (nSPS) is 13.3. The fourth-order valence-electron chi connectivity index (χ4n) is 4.14. The van der Waals surface area contributed by atoms with Crippen LogP contribution in [0.4, 0.5) is 5.69 Å². The molecule has 4 rings (SSSR count). The molecule has 3 aromatic rings. The Morgan fingerprint density at radius 1 is 0.939 bits per heavy atom. The summed E-state index contributed by atoms with van der Waals surface area (Å²) >= 11 is 0. The molecule has 0 saturated heterocycles. The molecule has 1 unspecified atom stereocenters. The second-order valence-electron chi connectivity index (χ2n) is 7.68. The van der Waals surface area contributed by atoms with Gasteiger partial charge in [0.2, 0.25) is 11.7 Å². The summed E-state index contributed by atoms with van der Waals surface area (Å²) in [4.78, 5) is 28.0. The van der Waals surface area contributed by atoms with E-state index in [1.807, 2.05) is 54.6 Å². The van der Waals surface area contributed by atoms with Crippen molar-refractivity contribution in [3.05, 3.63) is 83.4 Å². The Balaban J connectivity index is 1.72. The lowest BCUT2D eigenvalue weighted by molar-refractivity contribution is -0.117. The van der Waals surface area contributed by atoms with Gasteiger partial charge in [-0.05, 0) is 41.5 Å². The monoisotopic (exact) mass is 446 g/mol. The van der Waals surface area contributed by atoms with Crippen LogP contribution in [0.15, 0.2) is 66.7 Å². The summed E-state index contributed by atoms with van der Waals surface area (Å²) in [5, 5.41) is 2.92. The van der Waals surface area contributed by atoms with E-state index in [0.29, 0.717) is 40.6 Å². The van der Waals surface area contributed by atoms with Crippen LogP contribution in [0.3, 0.4) is 0 Å². The summed E-state index contributed by atoms with van der Waals surface area (Å²) in [5.41, 5.74) is 3.00. The number of hydrogen-bond acceptors (Lipinski definition) is 5. The highest BCUT2D eigenvalue weighted by Gasteiger charge is 2.35. The van der Waals surface area contributed by atoms with Gasteiger partial charge in [0.15, 0.2) is 11.5 Å². The minimum Gasteiger partial charge on any atom is -0.493 e. The van der Waals surface area contributed by atoms with Gasteiger partial charge in [-0.3, -0.25) is 9.59 Å². The highest BCUT2D eigenvalue weighted by Crippen LogP contribution is 2.43. The molecule has 3 aromatic carbocycles. The molecule has 1 aliphatic rings. The lowest BCUT2D eigenvalue weighted by Gasteiger charge is -2.29. The topological polar surface area (TPSA) is 77.1 Å². The van der Waals surface area contributed by atoms with Gasteiger partial charge < -0.3 is 24.4 Å². The number of anilines is 1. The number of hydrogen-bond donors (Lipinski definition) is 1. The van der Waals surface area contributed by atoms with Gasteiger partial charge in [-0.2, -0.15) is 0 Å². The summed E-state index contributed by atoms with van der Waals surface area (Å²) in [7, 11) is 4.61. The number of rotatable bonds is 8. The minimum absolute atomic E-state index is 0.0628. The quantitative estimate of drug-likeness (QED) is 0.554. The molecule has 0 saturated carbocycles. The molecule has 1 aliphatic heterocycles. The molecule has 2 amide bonds. The molecule has 33 heavy (non-hydrogen) atoms. The average molecular weight is 447 g/mol. The Hall–Kier alpha value is -4.00. The summed E-state index contributed by atoms with van der Waals surface area (Å²) in [5.74, 6) is 1.06. The van der Waals surface area contributed by atoms with Gasteiger partial charge in [-0.1, -0.05) is 36.4 Å². The minimum atomic E-state index is -0.540. The SMILES string of the molecule is COc1cc(C(CC(=O)Nc2ccccc2)N2Cc3ccccc3C2=O)cc(OC)c1OC. The molecule has 170 valence electrons. The van der Waals surface area contributed by atoms with Gasteiger partial charge in [0.25, 0.3) is 5.91 Å². The third-order valence-electron chi connectivity index (χ3n) is 5.73. The maximum absolute atomic E-state index is 13.3. The predicted octanol–water partition coefficient (Wildman–Crippen LogP) is 4.44. The number of methoxy groups -OCH3 is 3. The van der Waals surface area contributed by atoms with E-state index in [-0.39, 0.29) is 18.2 Å². The summed E-state index contributed by atoms with van der Waals surface area (Å²) < 4.78 is 16.5. The van der Waals surface area contributed by atoms with Gasteiger partial charge in [-0.25, -0.2) is 0 Å². The molecule has 0 spiro atoms. The molecular weight excluding hydrogens is 420 g/mol. The maximum Gasteiger partial charge on any atom is 0.255 e. The summed E-state index contributed by atoms with van der Waals surface area (Å²) in [6, 6.07) is 19.8. The van der Waals surface area contributed by atoms with E-state index < -0.39 is 6.04 Å². The zero-order valence-electron chi connectivity index (χ0n) is 18.8. The standard InChI is InChI=1S/C26H26N2O5/c1-31-22-13-18(14-23(32-2)25(22)33-3)21(15-24(29)27-19-10-5-4-6-11-19)28-16-17-9-7-8-12-20(17)26(28)30/h4-14,21H,15-16H2,1-3H3,(H,27,29). The van der Waals surface area contributed by atoms with Crippen LogP contribution in [0.1, 0.15) is 33.9 Å². The van der Waals surface area contributed by atoms with Crippen LogP contribution in [0.2, 0.25) is 0 Å². The molecule has 7 heteroatoms. The molecule has 0 bridgehead atoms. The molecule has 1 atom stereocenters. The van der Waals surface area contributed by atoms with Crippen LogP contribution in [0.25, 0.3) is 0 Å².